The van der Waals surface area contributed by atoms with Gasteiger partial charge in [0.1, 0.15) is 10.6 Å². The van der Waals surface area contributed by atoms with Gasteiger partial charge in [-0.1, -0.05) is 30.3 Å². The summed E-state index contributed by atoms with van der Waals surface area (Å²) >= 11 is 0. The molecule has 1 fully saturated rings. The summed E-state index contributed by atoms with van der Waals surface area (Å²) in [7, 11) is -5.96. The molecule has 0 aliphatic carbocycles. The lowest BCUT2D eigenvalue weighted by atomic mass is 10.1. The standard InChI is InChI=1S/C20H25NO5S2/c1-14-8-9-18(26-3)19(10-14)28(24,25)20-13-27(22,23)12-17(20)21-11-16-7-5-4-6-15(16)2/h4-10,17,20-21H,11-13H2,1-3H3/t17-,20+/m1/s1. The fourth-order valence-corrected chi connectivity index (χ4v) is 8.49. The summed E-state index contributed by atoms with van der Waals surface area (Å²) in [6, 6.07) is 12.0. The van der Waals surface area contributed by atoms with E-state index in [1.807, 2.05) is 31.2 Å². The van der Waals surface area contributed by atoms with E-state index in [4.69, 9.17) is 4.74 Å². The van der Waals surface area contributed by atoms with Crippen LogP contribution < -0.4 is 10.1 Å². The minimum absolute atomic E-state index is 0.0415. The number of nitrogens with one attached hydrogen (secondary N) is 1. The Kier molecular flexibility index (Phi) is 5.84. The van der Waals surface area contributed by atoms with Crippen molar-refractivity contribution < 1.29 is 21.6 Å². The first-order chi connectivity index (χ1) is 13.1. The average Bonchev–Trinajstić information content (AvgIpc) is 2.96. The summed E-state index contributed by atoms with van der Waals surface area (Å²) in [5.74, 6) is -0.359. The van der Waals surface area contributed by atoms with Gasteiger partial charge in [-0.05, 0) is 42.7 Å². The van der Waals surface area contributed by atoms with E-state index in [0.717, 1.165) is 16.7 Å². The molecule has 1 saturated heterocycles. The van der Waals surface area contributed by atoms with Gasteiger partial charge in [-0.25, -0.2) is 16.8 Å². The van der Waals surface area contributed by atoms with Gasteiger partial charge in [-0.15, -0.1) is 0 Å². The third-order valence-corrected chi connectivity index (χ3v) is 9.31. The van der Waals surface area contributed by atoms with E-state index >= 15 is 0 Å². The maximum atomic E-state index is 13.4. The normalized spacial score (nSPS) is 21.5. The summed E-state index contributed by atoms with van der Waals surface area (Å²) < 4.78 is 56.5. The summed E-state index contributed by atoms with van der Waals surface area (Å²) in [6.45, 7) is 4.16. The molecule has 0 bridgehead atoms. The molecule has 28 heavy (non-hydrogen) atoms. The number of benzene rings is 2. The zero-order valence-electron chi connectivity index (χ0n) is 16.2. The largest absolute Gasteiger partial charge is 0.495 e. The predicted octanol–water partition coefficient (Wildman–Crippen LogP) is 2.04. The van der Waals surface area contributed by atoms with Crippen LogP contribution in [0.3, 0.4) is 0 Å². The molecule has 1 heterocycles. The number of hydrogen-bond acceptors (Lipinski definition) is 6. The number of aryl methyl sites for hydroxylation is 2. The van der Waals surface area contributed by atoms with Crippen LogP contribution in [0.15, 0.2) is 47.4 Å². The van der Waals surface area contributed by atoms with Crippen molar-refractivity contribution in [3.63, 3.8) is 0 Å². The molecule has 0 amide bonds. The van der Waals surface area contributed by atoms with Crippen molar-refractivity contribution in [2.45, 2.75) is 36.6 Å². The molecule has 1 N–H and O–H groups in total. The Morgan fingerprint density at radius 3 is 2.50 bits per heavy atom. The van der Waals surface area contributed by atoms with Gasteiger partial charge >= 0.3 is 0 Å². The smallest absolute Gasteiger partial charge is 0.187 e. The summed E-state index contributed by atoms with van der Waals surface area (Å²) in [4.78, 5) is 0.0415. The number of ether oxygens (including phenoxy) is 1. The van der Waals surface area contributed by atoms with Crippen molar-refractivity contribution in [3.05, 3.63) is 59.2 Å². The Labute approximate surface area is 166 Å². The Bertz CT molecular complexity index is 1080. The molecule has 0 spiro atoms. The second-order valence-corrected chi connectivity index (χ2v) is 11.5. The second kappa shape index (κ2) is 7.85. The van der Waals surface area contributed by atoms with Crippen LogP contribution in [0.25, 0.3) is 0 Å². The minimum Gasteiger partial charge on any atom is -0.495 e. The summed E-state index contributed by atoms with van der Waals surface area (Å²) in [6.07, 6.45) is 0. The van der Waals surface area contributed by atoms with Crippen LogP contribution in [0.1, 0.15) is 16.7 Å². The third kappa shape index (κ3) is 4.24. The number of rotatable bonds is 6. The van der Waals surface area contributed by atoms with Gasteiger partial charge in [0, 0.05) is 12.6 Å². The topological polar surface area (TPSA) is 89.5 Å². The van der Waals surface area contributed by atoms with Crippen molar-refractivity contribution >= 4 is 19.7 Å². The molecule has 1 aliphatic rings. The van der Waals surface area contributed by atoms with Gasteiger partial charge in [0.25, 0.3) is 0 Å². The summed E-state index contributed by atoms with van der Waals surface area (Å²) in [5, 5.41) is 2.12. The average molecular weight is 424 g/mol. The predicted molar refractivity (Wildman–Crippen MR) is 109 cm³/mol. The highest BCUT2D eigenvalue weighted by molar-refractivity contribution is 7.96. The fraction of sp³-hybridized carbons (Fsp3) is 0.400. The lowest BCUT2D eigenvalue weighted by Gasteiger charge is -2.21. The van der Waals surface area contributed by atoms with E-state index in [1.165, 1.54) is 13.2 Å². The van der Waals surface area contributed by atoms with Gasteiger partial charge in [-0.2, -0.15) is 0 Å². The Morgan fingerprint density at radius 2 is 1.82 bits per heavy atom. The van der Waals surface area contributed by atoms with Gasteiger partial charge in [0.05, 0.1) is 23.9 Å². The van der Waals surface area contributed by atoms with Crippen LogP contribution in [0.2, 0.25) is 0 Å². The van der Waals surface area contributed by atoms with E-state index in [9.17, 15) is 16.8 Å². The lowest BCUT2D eigenvalue weighted by molar-refractivity contribution is 0.402. The van der Waals surface area contributed by atoms with Crippen molar-refractivity contribution in [1.29, 1.82) is 0 Å². The lowest BCUT2D eigenvalue weighted by Crippen LogP contribution is -2.43. The maximum Gasteiger partial charge on any atom is 0.187 e. The Morgan fingerprint density at radius 1 is 1.11 bits per heavy atom. The molecule has 0 saturated carbocycles. The molecule has 2 atom stereocenters. The van der Waals surface area contributed by atoms with E-state index in [2.05, 4.69) is 5.32 Å². The van der Waals surface area contributed by atoms with Crippen LogP contribution in [0.4, 0.5) is 0 Å². The first-order valence-corrected chi connectivity index (χ1v) is 12.4. The van der Waals surface area contributed by atoms with E-state index in [0.29, 0.717) is 6.54 Å². The molecule has 152 valence electrons. The molecule has 3 rings (SSSR count). The number of sulfone groups is 2. The number of methoxy groups -OCH3 is 1. The molecular formula is C20H25NO5S2. The van der Waals surface area contributed by atoms with E-state index in [1.54, 1.807) is 19.1 Å². The fourth-order valence-electron chi connectivity index (χ4n) is 3.53. The molecule has 0 radical (unpaired) electrons. The zero-order chi connectivity index (χ0) is 20.5. The van der Waals surface area contributed by atoms with Crippen LogP contribution in [-0.2, 0) is 26.2 Å². The van der Waals surface area contributed by atoms with Crippen LogP contribution in [0, 0.1) is 13.8 Å². The van der Waals surface area contributed by atoms with Crippen molar-refractivity contribution in [2.24, 2.45) is 0 Å². The Balaban J connectivity index is 1.94. The highest BCUT2D eigenvalue weighted by Gasteiger charge is 2.46. The van der Waals surface area contributed by atoms with Crippen LogP contribution in [-0.4, -0.2) is 46.7 Å². The van der Waals surface area contributed by atoms with Gasteiger partial charge in [0.15, 0.2) is 19.7 Å². The SMILES string of the molecule is COc1ccc(C)cc1S(=O)(=O)[C@H]1CS(=O)(=O)C[C@H]1NCc1ccccc1C. The molecule has 0 aromatic heterocycles. The molecular weight excluding hydrogens is 398 g/mol. The first-order valence-electron chi connectivity index (χ1n) is 9.01. The maximum absolute atomic E-state index is 13.4. The third-order valence-electron chi connectivity index (χ3n) is 5.14. The molecule has 2 aromatic rings. The van der Waals surface area contributed by atoms with E-state index in [-0.39, 0.29) is 16.4 Å². The van der Waals surface area contributed by atoms with Crippen molar-refractivity contribution in [3.8, 4) is 5.75 Å². The van der Waals surface area contributed by atoms with Crippen molar-refractivity contribution in [1.82, 2.24) is 5.32 Å². The highest BCUT2D eigenvalue weighted by Crippen LogP contribution is 2.32. The van der Waals surface area contributed by atoms with Crippen LogP contribution in [0.5, 0.6) is 5.75 Å². The zero-order valence-corrected chi connectivity index (χ0v) is 17.8. The highest BCUT2D eigenvalue weighted by atomic mass is 32.2. The molecule has 1 aliphatic heterocycles. The quantitative estimate of drug-likeness (QED) is 0.765. The molecule has 0 unspecified atom stereocenters. The van der Waals surface area contributed by atoms with Crippen LogP contribution >= 0.6 is 0 Å². The van der Waals surface area contributed by atoms with Gasteiger partial charge in [0.2, 0.25) is 0 Å². The van der Waals surface area contributed by atoms with Gasteiger partial charge in [-0.3, -0.25) is 0 Å². The molecule has 6 nitrogen and oxygen atoms in total. The van der Waals surface area contributed by atoms with Crippen molar-refractivity contribution in [2.75, 3.05) is 18.6 Å². The van der Waals surface area contributed by atoms with Gasteiger partial charge < -0.3 is 10.1 Å². The minimum atomic E-state index is -3.91. The molecule has 2 aromatic carbocycles. The van der Waals surface area contributed by atoms with E-state index < -0.39 is 36.7 Å². The second-order valence-electron chi connectivity index (χ2n) is 7.23. The first kappa shape index (κ1) is 20.8. The Hall–Kier alpha value is -1.90. The summed E-state index contributed by atoms with van der Waals surface area (Å²) in [5.41, 5.74) is 2.84. The monoisotopic (exact) mass is 423 g/mol. The number of hydrogen-bond donors (Lipinski definition) is 1. The molecule has 8 heteroatoms.